The van der Waals surface area contributed by atoms with Crippen molar-refractivity contribution in [3.8, 4) is 0 Å². The van der Waals surface area contributed by atoms with Gasteiger partial charge in [0.2, 0.25) is 0 Å². The molecule has 3 fully saturated rings. The molecule has 2 saturated carbocycles. The molecule has 0 aromatic carbocycles. The number of ether oxygens (including phenoxy) is 2. The summed E-state index contributed by atoms with van der Waals surface area (Å²) in [6.07, 6.45) is 5.82. The summed E-state index contributed by atoms with van der Waals surface area (Å²) in [7, 11) is 1.46. The monoisotopic (exact) mass is 278 g/mol. The third-order valence-corrected chi connectivity index (χ3v) is 5.67. The number of rotatable bonds is 1. The molecule has 0 aromatic rings. The van der Waals surface area contributed by atoms with E-state index in [2.05, 4.69) is 6.58 Å². The number of carbonyl (C=O) groups is 2. The Bertz CT molecular complexity index is 469. The van der Waals surface area contributed by atoms with Crippen LogP contribution >= 0.6 is 0 Å². The van der Waals surface area contributed by atoms with Gasteiger partial charge in [-0.2, -0.15) is 0 Å². The van der Waals surface area contributed by atoms with Crippen molar-refractivity contribution in [1.29, 1.82) is 0 Å². The second-order valence-corrected chi connectivity index (χ2v) is 6.72. The molecule has 0 aromatic heterocycles. The number of esters is 2. The maximum absolute atomic E-state index is 12.5. The van der Waals surface area contributed by atoms with Crippen LogP contribution in [0.3, 0.4) is 0 Å². The van der Waals surface area contributed by atoms with Gasteiger partial charge in [-0.1, -0.05) is 12.2 Å². The van der Waals surface area contributed by atoms with Gasteiger partial charge in [0.05, 0.1) is 25.6 Å². The number of fused-ring (bicyclic) bond motifs is 2. The second kappa shape index (κ2) is 4.61. The van der Waals surface area contributed by atoms with Crippen molar-refractivity contribution in [3.63, 3.8) is 0 Å². The summed E-state index contributed by atoms with van der Waals surface area (Å²) in [6, 6.07) is 0. The van der Waals surface area contributed by atoms with Crippen LogP contribution < -0.4 is 0 Å². The summed E-state index contributed by atoms with van der Waals surface area (Å²) in [4.78, 5) is 24.1. The van der Waals surface area contributed by atoms with E-state index in [4.69, 9.17) is 9.47 Å². The van der Waals surface area contributed by atoms with E-state index >= 15 is 0 Å². The highest BCUT2D eigenvalue weighted by Crippen LogP contribution is 2.63. The average Bonchev–Trinajstić information content (AvgIpc) is 2.87. The molecule has 0 bridgehead atoms. The van der Waals surface area contributed by atoms with Crippen LogP contribution in [0, 0.1) is 16.7 Å². The van der Waals surface area contributed by atoms with Crippen molar-refractivity contribution in [2.45, 2.75) is 44.9 Å². The van der Waals surface area contributed by atoms with Gasteiger partial charge in [0.1, 0.15) is 0 Å². The summed E-state index contributed by atoms with van der Waals surface area (Å²) in [6.45, 7) is 4.59. The van der Waals surface area contributed by atoms with Crippen LogP contribution in [0.4, 0.5) is 0 Å². The number of allylic oxidation sites excluding steroid dienone is 1. The Morgan fingerprint density at radius 2 is 2.20 bits per heavy atom. The Morgan fingerprint density at radius 3 is 2.85 bits per heavy atom. The Kier molecular flexibility index (Phi) is 3.14. The predicted octanol–water partition coefficient (Wildman–Crippen LogP) is 2.62. The van der Waals surface area contributed by atoms with Gasteiger partial charge in [-0.3, -0.25) is 9.59 Å². The van der Waals surface area contributed by atoms with E-state index < -0.39 is 5.41 Å². The molecule has 3 atom stereocenters. The van der Waals surface area contributed by atoms with Crippen molar-refractivity contribution in [3.05, 3.63) is 12.2 Å². The van der Waals surface area contributed by atoms with E-state index in [1.165, 1.54) is 7.11 Å². The molecule has 20 heavy (non-hydrogen) atoms. The van der Waals surface area contributed by atoms with E-state index in [9.17, 15) is 9.59 Å². The van der Waals surface area contributed by atoms with Crippen LogP contribution in [0.15, 0.2) is 12.2 Å². The number of carbonyl (C=O) groups excluding carboxylic acids is 2. The van der Waals surface area contributed by atoms with Crippen LogP contribution in [0.2, 0.25) is 0 Å². The lowest BCUT2D eigenvalue weighted by Crippen LogP contribution is -2.41. The van der Waals surface area contributed by atoms with Crippen molar-refractivity contribution in [1.82, 2.24) is 0 Å². The van der Waals surface area contributed by atoms with Crippen molar-refractivity contribution in [2.75, 3.05) is 13.7 Å². The largest absolute Gasteiger partial charge is 0.469 e. The van der Waals surface area contributed by atoms with Gasteiger partial charge in [0.15, 0.2) is 0 Å². The first-order chi connectivity index (χ1) is 9.52. The van der Waals surface area contributed by atoms with Crippen LogP contribution in [0.1, 0.15) is 44.9 Å². The molecule has 1 heterocycles. The molecule has 1 saturated heterocycles. The van der Waals surface area contributed by atoms with Gasteiger partial charge in [0.25, 0.3) is 0 Å². The SMILES string of the molecule is C=C1CCC[C@@H]2[C@@]3(CC[C@]2(C(=O)OC)C1)COC(=O)C3. The highest BCUT2D eigenvalue weighted by molar-refractivity contribution is 5.79. The van der Waals surface area contributed by atoms with Crippen LogP contribution in [0.25, 0.3) is 0 Å². The first-order valence-electron chi connectivity index (χ1n) is 7.43. The van der Waals surface area contributed by atoms with E-state index in [1.54, 1.807) is 0 Å². The Labute approximate surface area is 119 Å². The number of methoxy groups -OCH3 is 1. The topological polar surface area (TPSA) is 52.6 Å². The number of cyclic esters (lactones) is 1. The van der Waals surface area contributed by atoms with Gasteiger partial charge in [-0.15, -0.1) is 0 Å². The Hall–Kier alpha value is -1.32. The lowest BCUT2D eigenvalue weighted by molar-refractivity contribution is -0.156. The first-order valence-corrected chi connectivity index (χ1v) is 7.43. The molecule has 1 aliphatic heterocycles. The summed E-state index contributed by atoms with van der Waals surface area (Å²) in [5.74, 6) is -0.0522. The molecular formula is C16H22O4. The van der Waals surface area contributed by atoms with Crippen molar-refractivity contribution < 1.29 is 19.1 Å². The Morgan fingerprint density at radius 1 is 1.40 bits per heavy atom. The molecule has 0 amide bonds. The molecular weight excluding hydrogens is 256 g/mol. The highest BCUT2D eigenvalue weighted by atomic mass is 16.5. The highest BCUT2D eigenvalue weighted by Gasteiger charge is 2.63. The Balaban J connectivity index is 2.00. The molecule has 110 valence electrons. The molecule has 0 N–H and O–H groups in total. The molecule has 2 aliphatic carbocycles. The van der Waals surface area contributed by atoms with Crippen LogP contribution in [-0.4, -0.2) is 25.7 Å². The maximum atomic E-state index is 12.5. The van der Waals surface area contributed by atoms with E-state index in [1.807, 2.05) is 0 Å². The maximum Gasteiger partial charge on any atom is 0.312 e. The molecule has 3 aliphatic rings. The summed E-state index contributed by atoms with van der Waals surface area (Å²) in [5, 5.41) is 0. The number of hydrogen-bond donors (Lipinski definition) is 0. The smallest absolute Gasteiger partial charge is 0.312 e. The van der Waals surface area contributed by atoms with Gasteiger partial charge >= 0.3 is 11.9 Å². The zero-order valence-electron chi connectivity index (χ0n) is 12.1. The standard InChI is InChI=1S/C16H22O4/c1-11-4-3-5-12-15(9-13(17)20-10-15)6-7-16(12,8-11)14(18)19-2/h12H,1,3-10H2,2H3/t12-,15-,16+/m1/s1. The van der Waals surface area contributed by atoms with Gasteiger partial charge in [0, 0.05) is 5.41 Å². The van der Waals surface area contributed by atoms with Crippen LogP contribution in [-0.2, 0) is 19.1 Å². The lowest BCUT2D eigenvalue weighted by atomic mass is 9.65. The molecule has 4 nitrogen and oxygen atoms in total. The second-order valence-electron chi connectivity index (χ2n) is 6.72. The fraction of sp³-hybridized carbons (Fsp3) is 0.750. The van der Waals surface area contributed by atoms with Crippen molar-refractivity contribution in [2.24, 2.45) is 16.7 Å². The van der Waals surface area contributed by atoms with E-state index in [0.717, 1.165) is 37.7 Å². The predicted molar refractivity (Wildman–Crippen MR) is 72.8 cm³/mol. The van der Waals surface area contributed by atoms with Gasteiger partial charge < -0.3 is 9.47 Å². The molecule has 0 unspecified atom stereocenters. The average molecular weight is 278 g/mol. The third-order valence-electron chi connectivity index (χ3n) is 5.67. The summed E-state index contributed by atoms with van der Waals surface area (Å²) in [5.41, 5.74) is 0.520. The third kappa shape index (κ3) is 1.80. The quantitative estimate of drug-likeness (QED) is 0.546. The lowest BCUT2D eigenvalue weighted by Gasteiger charge is -2.37. The number of hydrogen-bond acceptors (Lipinski definition) is 4. The van der Waals surface area contributed by atoms with Gasteiger partial charge in [-0.05, 0) is 44.4 Å². The minimum absolute atomic E-state index is 0.117. The van der Waals surface area contributed by atoms with Crippen LogP contribution in [0.5, 0.6) is 0 Å². The van der Waals surface area contributed by atoms with E-state index in [0.29, 0.717) is 19.4 Å². The zero-order valence-corrected chi connectivity index (χ0v) is 12.1. The fourth-order valence-electron chi connectivity index (χ4n) is 4.81. The first kappa shape index (κ1) is 13.7. The fourth-order valence-corrected chi connectivity index (χ4v) is 4.81. The van der Waals surface area contributed by atoms with Gasteiger partial charge in [-0.25, -0.2) is 0 Å². The van der Waals surface area contributed by atoms with Crippen molar-refractivity contribution >= 4 is 11.9 Å². The molecule has 4 heteroatoms. The molecule has 3 rings (SSSR count). The minimum atomic E-state index is -0.476. The molecule has 0 radical (unpaired) electrons. The summed E-state index contributed by atoms with van der Waals surface area (Å²) >= 11 is 0. The normalized spacial score (nSPS) is 40.4. The zero-order chi connectivity index (χ0) is 14.4. The minimum Gasteiger partial charge on any atom is -0.469 e. The molecule has 1 spiro atoms. The van der Waals surface area contributed by atoms with E-state index in [-0.39, 0.29) is 23.3 Å². The summed E-state index contributed by atoms with van der Waals surface area (Å²) < 4.78 is 10.4.